The Bertz CT molecular complexity index is 962. The monoisotopic (exact) mass is 369 g/mol. The number of hydrogen-bond donors (Lipinski definition) is 0. The fraction of sp³-hybridized carbons (Fsp3) is 0.381. The van der Waals surface area contributed by atoms with Crippen molar-refractivity contribution in [2.45, 2.75) is 38.9 Å². The third-order valence-electron chi connectivity index (χ3n) is 4.88. The first-order valence-electron chi connectivity index (χ1n) is 9.02. The first kappa shape index (κ1) is 17.2. The zero-order valence-electron chi connectivity index (χ0n) is 15.6. The second-order valence-electron chi connectivity index (χ2n) is 7.53. The summed E-state index contributed by atoms with van der Waals surface area (Å²) in [7, 11) is -1.25. The van der Waals surface area contributed by atoms with Crippen molar-refractivity contribution in [3.63, 3.8) is 0 Å². The largest absolute Gasteiger partial charge is 0.478 e. The first-order chi connectivity index (χ1) is 12.5. The van der Waals surface area contributed by atoms with E-state index in [2.05, 4.69) is 39.8 Å². The molecule has 0 bridgehead atoms. The van der Waals surface area contributed by atoms with E-state index in [1.54, 1.807) is 0 Å². The molecule has 2 aromatic carbocycles. The van der Waals surface area contributed by atoms with Crippen LogP contribution in [0, 0.1) is 5.92 Å². The maximum atomic E-state index is 6.43. The summed E-state index contributed by atoms with van der Waals surface area (Å²) in [6.45, 7) is 9.11. The van der Waals surface area contributed by atoms with E-state index in [1.165, 1.54) is 0 Å². The number of benzene rings is 2. The van der Waals surface area contributed by atoms with Crippen LogP contribution in [0.25, 0.3) is 21.9 Å². The smallest absolute Gasteiger partial charge is 0.225 e. The van der Waals surface area contributed by atoms with Gasteiger partial charge in [0.25, 0.3) is 0 Å². The molecule has 1 aliphatic heterocycles. The highest BCUT2D eigenvalue weighted by Crippen LogP contribution is 2.50. The second kappa shape index (κ2) is 6.51. The number of nitrogens with zero attached hydrogens (tertiary/aromatic N) is 1. The Morgan fingerprint density at radius 1 is 0.962 bits per heavy atom. The SMILES string of the molecule is CC(C)C1=N[C@H](C(C)(C)p2oc3ccccc3c3ccccc3o2)CO1. The molecule has 1 atom stereocenters. The predicted octanol–water partition coefficient (Wildman–Crippen LogP) is 6.48. The van der Waals surface area contributed by atoms with E-state index in [1.807, 2.05) is 36.4 Å². The molecule has 136 valence electrons. The van der Waals surface area contributed by atoms with Crippen molar-refractivity contribution in [3.8, 4) is 0 Å². The molecular weight excluding hydrogens is 345 g/mol. The van der Waals surface area contributed by atoms with Gasteiger partial charge in [-0.2, -0.15) is 0 Å². The van der Waals surface area contributed by atoms with Crippen molar-refractivity contribution < 1.29 is 13.1 Å². The average Bonchev–Trinajstić information content (AvgIpc) is 3.07. The molecule has 0 aliphatic carbocycles. The molecular formula is C21H24NO3P. The van der Waals surface area contributed by atoms with Crippen LogP contribution in [0.2, 0.25) is 0 Å². The third kappa shape index (κ3) is 2.93. The number of fused-ring (bicyclic) bond motifs is 3. The first-order valence-corrected chi connectivity index (χ1v) is 10.2. The molecule has 0 saturated heterocycles. The van der Waals surface area contributed by atoms with Crippen molar-refractivity contribution in [2.75, 3.05) is 6.61 Å². The van der Waals surface area contributed by atoms with Gasteiger partial charge in [-0.25, -0.2) is 4.99 Å². The molecule has 0 fully saturated rings. The van der Waals surface area contributed by atoms with Gasteiger partial charge in [-0.05, 0) is 26.0 Å². The van der Waals surface area contributed by atoms with E-state index >= 15 is 0 Å². The number of aliphatic imine (C=N–C) groups is 1. The number of ether oxygens (including phenoxy) is 1. The lowest BCUT2D eigenvalue weighted by molar-refractivity contribution is 0.274. The summed E-state index contributed by atoms with van der Waals surface area (Å²) in [4.78, 5) is 4.83. The van der Waals surface area contributed by atoms with Crippen LogP contribution < -0.4 is 0 Å². The summed E-state index contributed by atoms with van der Waals surface area (Å²) in [5.74, 6) is 1.12. The number of rotatable bonds is 3. The Hall–Kier alpha value is -2.19. The van der Waals surface area contributed by atoms with Gasteiger partial charge < -0.3 is 13.1 Å². The highest BCUT2D eigenvalue weighted by atomic mass is 31.1. The topological polar surface area (TPSA) is 47.9 Å². The summed E-state index contributed by atoms with van der Waals surface area (Å²) in [6, 6.07) is 16.3. The maximum absolute atomic E-state index is 6.43. The van der Waals surface area contributed by atoms with Crippen LogP contribution in [0.1, 0.15) is 27.7 Å². The van der Waals surface area contributed by atoms with Gasteiger partial charge in [0.1, 0.15) is 23.8 Å². The van der Waals surface area contributed by atoms with Crippen LogP contribution in [-0.2, 0) is 9.89 Å². The summed E-state index contributed by atoms with van der Waals surface area (Å²) < 4.78 is 18.7. The Labute approximate surface area is 154 Å². The molecule has 0 N–H and O–H groups in total. The van der Waals surface area contributed by atoms with E-state index in [-0.39, 0.29) is 11.2 Å². The molecule has 3 aromatic rings. The number of para-hydroxylation sites is 2. The lowest BCUT2D eigenvalue weighted by Crippen LogP contribution is -2.28. The maximum Gasteiger partial charge on any atom is 0.225 e. The van der Waals surface area contributed by atoms with E-state index in [0.29, 0.717) is 12.5 Å². The van der Waals surface area contributed by atoms with E-state index in [0.717, 1.165) is 27.8 Å². The zero-order valence-corrected chi connectivity index (χ0v) is 16.5. The van der Waals surface area contributed by atoms with Gasteiger partial charge in [0.2, 0.25) is 8.01 Å². The fourth-order valence-corrected chi connectivity index (χ4v) is 4.72. The lowest BCUT2D eigenvalue weighted by Gasteiger charge is -2.24. The van der Waals surface area contributed by atoms with Crippen molar-refractivity contribution in [1.82, 2.24) is 0 Å². The zero-order chi connectivity index (χ0) is 18.3. The Balaban J connectivity index is 1.93. The van der Waals surface area contributed by atoms with Crippen LogP contribution in [0.5, 0.6) is 0 Å². The summed E-state index contributed by atoms with van der Waals surface area (Å²) in [5.41, 5.74) is 1.73. The molecule has 0 amide bonds. The van der Waals surface area contributed by atoms with Gasteiger partial charge >= 0.3 is 0 Å². The average molecular weight is 369 g/mol. The molecule has 26 heavy (non-hydrogen) atoms. The molecule has 0 spiro atoms. The summed E-state index contributed by atoms with van der Waals surface area (Å²) in [5, 5.41) is 1.84. The van der Waals surface area contributed by atoms with Gasteiger partial charge in [0, 0.05) is 16.7 Å². The molecule has 4 nitrogen and oxygen atoms in total. The highest BCUT2D eigenvalue weighted by molar-refractivity contribution is 7.38. The van der Waals surface area contributed by atoms with Crippen LogP contribution in [0.15, 0.2) is 61.9 Å². The minimum atomic E-state index is -1.25. The Morgan fingerprint density at radius 3 is 2.00 bits per heavy atom. The summed E-state index contributed by atoms with van der Waals surface area (Å²) >= 11 is 0. The van der Waals surface area contributed by atoms with Gasteiger partial charge in [-0.15, -0.1) is 0 Å². The van der Waals surface area contributed by atoms with Crippen molar-refractivity contribution >= 4 is 35.8 Å². The molecule has 4 rings (SSSR count). The molecule has 0 unspecified atom stereocenters. The van der Waals surface area contributed by atoms with Crippen LogP contribution in [-0.4, -0.2) is 18.5 Å². The van der Waals surface area contributed by atoms with Crippen molar-refractivity contribution in [3.05, 3.63) is 48.5 Å². The minimum absolute atomic E-state index is 0.0171. The molecule has 0 saturated carbocycles. The van der Waals surface area contributed by atoms with E-state index < -0.39 is 8.01 Å². The van der Waals surface area contributed by atoms with Gasteiger partial charge in [0.05, 0.1) is 5.16 Å². The molecule has 5 heteroatoms. The minimum Gasteiger partial charge on any atom is -0.478 e. The number of hydrogen-bond acceptors (Lipinski definition) is 4. The van der Waals surface area contributed by atoms with Gasteiger partial charge in [-0.3, -0.25) is 0 Å². The van der Waals surface area contributed by atoms with E-state index in [9.17, 15) is 0 Å². The summed E-state index contributed by atoms with van der Waals surface area (Å²) in [6.07, 6.45) is 0. The van der Waals surface area contributed by atoms with Gasteiger partial charge in [-0.1, -0.05) is 50.2 Å². The highest BCUT2D eigenvalue weighted by Gasteiger charge is 2.40. The molecule has 2 heterocycles. The standard InChI is InChI=1S/C21H24NO3P/c1-14(2)20-22-19(13-23-20)21(3,4)26-24-17-11-7-5-9-15(17)16-10-6-8-12-18(16)25-26/h5-12,14,19H,13H2,1-4H3/t19-/m0/s1. The molecule has 0 radical (unpaired) electrons. The van der Waals surface area contributed by atoms with E-state index in [4.69, 9.17) is 18.1 Å². The third-order valence-corrected chi connectivity index (χ3v) is 6.84. The molecule has 1 aromatic heterocycles. The Kier molecular flexibility index (Phi) is 4.32. The van der Waals surface area contributed by atoms with Gasteiger partial charge in [0.15, 0.2) is 5.90 Å². The van der Waals surface area contributed by atoms with Crippen LogP contribution in [0.3, 0.4) is 0 Å². The Morgan fingerprint density at radius 2 is 1.50 bits per heavy atom. The quantitative estimate of drug-likeness (QED) is 0.531. The predicted molar refractivity (Wildman–Crippen MR) is 108 cm³/mol. The van der Waals surface area contributed by atoms with Crippen LogP contribution >= 0.6 is 8.01 Å². The normalized spacial score (nSPS) is 17.6. The second-order valence-corrected chi connectivity index (χ2v) is 9.57. The fourth-order valence-electron chi connectivity index (χ4n) is 3.16. The molecule has 1 aliphatic rings. The van der Waals surface area contributed by atoms with Crippen molar-refractivity contribution in [1.29, 1.82) is 0 Å². The van der Waals surface area contributed by atoms with Crippen LogP contribution in [0.4, 0.5) is 0 Å². The van der Waals surface area contributed by atoms with Crippen molar-refractivity contribution in [2.24, 2.45) is 10.9 Å². The lowest BCUT2D eigenvalue weighted by atomic mass is 10.1.